The standard InChI is InChI=1S/C38H33N3O3S/c1-26-16-22-32(23-17-26)39-36(42)27(2)45-34-15-9-14-33(25-34)40-38(44)35(41-37(43)31-12-7-4-8-13-31)24-28-18-20-30(21-19-28)29-10-5-3-6-11-29/h3-25,27H,1-2H3,(H,39,42)(H,40,44)(H,41,43)/b35-24+. The minimum Gasteiger partial charge on any atom is -0.325 e. The molecule has 5 rings (SSSR count). The first-order chi connectivity index (χ1) is 21.8. The van der Waals surface area contributed by atoms with Crippen molar-refractivity contribution in [2.45, 2.75) is 24.0 Å². The molecule has 0 aliphatic heterocycles. The number of carbonyl (C=O) groups excluding carboxylic acids is 3. The summed E-state index contributed by atoms with van der Waals surface area (Å²) in [7, 11) is 0. The number of anilines is 2. The predicted molar refractivity (Wildman–Crippen MR) is 184 cm³/mol. The molecule has 5 aromatic rings. The minimum absolute atomic E-state index is 0.0974. The van der Waals surface area contributed by atoms with Gasteiger partial charge in [-0.25, -0.2) is 0 Å². The second-order valence-electron chi connectivity index (χ2n) is 10.5. The van der Waals surface area contributed by atoms with Gasteiger partial charge in [0.1, 0.15) is 5.70 Å². The monoisotopic (exact) mass is 611 g/mol. The molecule has 0 aliphatic rings. The lowest BCUT2D eigenvalue weighted by Crippen LogP contribution is -2.30. The normalized spacial score (nSPS) is 11.7. The first-order valence-corrected chi connectivity index (χ1v) is 15.4. The molecule has 0 aliphatic carbocycles. The quantitative estimate of drug-likeness (QED) is 0.110. The Balaban J connectivity index is 1.31. The van der Waals surface area contributed by atoms with E-state index in [1.165, 1.54) is 11.8 Å². The molecule has 6 nitrogen and oxygen atoms in total. The molecular weight excluding hydrogens is 579 g/mol. The Morgan fingerprint density at radius 2 is 1.31 bits per heavy atom. The molecule has 45 heavy (non-hydrogen) atoms. The average molecular weight is 612 g/mol. The number of carbonyl (C=O) groups is 3. The van der Waals surface area contributed by atoms with Crippen LogP contribution in [0.15, 0.2) is 144 Å². The number of nitrogens with one attached hydrogen (secondary N) is 3. The van der Waals surface area contributed by atoms with Crippen molar-refractivity contribution in [3.63, 3.8) is 0 Å². The first kappa shape index (κ1) is 31.0. The fourth-order valence-corrected chi connectivity index (χ4v) is 5.42. The van der Waals surface area contributed by atoms with Crippen molar-refractivity contribution in [2.24, 2.45) is 0 Å². The number of benzene rings is 5. The van der Waals surface area contributed by atoms with Gasteiger partial charge in [0.05, 0.1) is 5.25 Å². The van der Waals surface area contributed by atoms with Gasteiger partial charge in [0.15, 0.2) is 0 Å². The fraction of sp³-hybridized carbons (Fsp3) is 0.0789. The molecule has 0 saturated carbocycles. The van der Waals surface area contributed by atoms with Gasteiger partial charge in [-0.05, 0) is 79.1 Å². The third kappa shape index (κ3) is 8.81. The summed E-state index contributed by atoms with van der Waals surface area (Å²) in [6.07, 6.45) is 1.65. The van der Waals surface area contributed by atoms with E-state index < -0.39 is 11.8 Å². The van der Waals surface area contributed by atoms with Crippen LogP contribution >= 0.6 is 11.8 Å². The van der Waals surface area contributed by atoms with Crippen LogP contribution in [0.25, 0.3) is 17.2 Å². The number of amides is 3. The SMILES string of the molecule is Cc1ccc(NC(=O)C(C)Sc2cccc(NC(=O)/C(=C\c3ccc(-c4ccccc4)cc3)NC(=O)c3ccccc3)c2)cc1. The summed E-state index contributed by atoms with van der Waals surface area (Å²) in [6, 6.07) is 41.5. The molecule has 0 fully saturated rings. The number of hydrogen-bond acceptors (Lipinski definition) is 4. The zero-order valence-corrected chi connectivity index (χ0v) is 25.8. The molecule has 0 radical (unpaired) electrons. The second-order valence-corrected chi connectivity index (χ2v) is 11.9. The van der Waals surface area contributed by atoms with Crippen LogP contribution in [0, 0.1) is 6.92 Å². The lowest BCUT2D eigenvalue weighted by molar-refractivity contribution is -0.115. The summed E-state index contributed by atoms with van der Waals surface area (Å²) in [5, 5.41) is 8.26. The number of thioether (sulfide) groups is 1. The molecule has 0 heterocycles. The van der Waals surface area contributed by atoms with Gasteiger partial charge in [0.25, 0.3) is 11.8 Å². The molecule has 0 saturated heterocycles. The molecule has 7 heteroatoms. The largest absolute Gasteiger partial charge is 0.325 e. The molecule has 224 valence electrons. The molecule has 0 aromatic heterocycles. The van der Waals surface area contributed by atoms with Crippen LogP contribution < -0.4 is 16.0 Å². The molecule has 3 N–H and O–H groups in total. The van der Waals surface area contributed by atoms with Gasteiger partial charge in [0.2, 0.25) is 5.91 Å². The summed E-state index contributed by atoms with van der Waals surface area (Å²) in [4.78, 5) is 40.2. The van der Waals surface area contributed by atoms with Gasteiger partial charge in [-0.2, -0.15) is 0 Å². The van der Waals surface area contributed by atoms with E-state index in [2.05, 4.69) is 16.0 Å². The van der Waals surface area contributed by atoms with Gasteiger partial charge in [-0.15, -0.1) is 11.8 Å². The highest BCUT2D eigenvalue weighted by molar-refractivity contribution is 8.00. The predicted octanol–water partition coefficient (Wildman–Crippen LogP) is 8.19. The Bertz CT molecular complexity index is 1800. The molecule has 3 amide bonds. The fourth-order valence-electron chi connectivity index (χ4n) is 4.50. The Kier molecular flexibility index (Phi) is 10.2. The summed E-state index contributed by atoms with van der Waals surface area (Å²) < 4.78 is 0. The van der Waals surface area contributed by atoms with E-state index in [-0.39, 0.29) is 16.9 Å². The van der Waals surface area contributed by atoms with Gasteiger partial charge in [0, 0.05) is 21.8 Å². The van der Waals surface area contributed by atoms with Crippen LogP contribution in [-0.4, -0.2) is 23.0 Å². The van der Waals surface area contributed by atoms with E-state index >= 15 is 0 Å². The Labute approximate surface area is 267 Å². The average Bonchev–Trinajstić information content (AvgIpc) is 3.06. The maximum atomic E-state index is 13.6. The van der Waals surface area contributed by atoms with E-state index in [1.54, 1.807) is 36.4 Å². The van der Waals surface area contributed by atoms with Crippen LogP contribution in [0.4, 0.5) is 11.4 Å². The van der Waals surface area contributed by atoms with Crippen LogP contribution in [0.1, 0.15) is 28.4 Å². The smallest absolute Gasteiger partial charge is 0.272 e. The van der Waals surface area contributed by atoms with Crippen molar-refractivity contribution >= 4 is 46.9 Å². The van der Waals surface area contributed by atoms with E-state index in [4.69, 9.17) is 0 Å². The lowest BCUT2D eigenvalue weighted by atomic mass is 10.0. The van der Waals surface area contributed by atoms with E-state index in [0.717, 1.165) is 32.8 Å². The maximum absolute atomic E-state index is 13.6. The van der Waals surface area contributed by atoms with E-state index in [1.807, 2.05) is 117 Å². The number of aryl methyl sites for hydroxylation is 1. The molecule has 0 bridgehead atoms. The Hall–Kier alpha value is -5.40. The minimum atomic E-state index is -0.473. The highest BCUT2D eigenvalue weighted by Crippen LogP contribution is 2.27. The van der Waals surface area contributed by atoms with Crippen molar-refractivity contribution in [3.8, 4) is 11.1 Å². The van der Waals surface area contributed by atoms with Crippen molar-refractivity contribution in [1.82, 2.24) is 5.32 Å². The second kappa shape index (κ2) is 14.9. The topological polar surface area (TPSA) is 87.3 Å². The van der Waals surface area contributed by atoms with Gasteiger partial charge in [-0.3, -0.25) is 14.4 Å². The molecule has 1 atom stereocenters. The zero-order chi connectivity index (χ0) is 31.6. The number of rotatable bonds is 10. The summed E-state index contributed by atoms with van der Waals surface area (Å²) in [6.45, 7) is 3.83. The molecule has 1 unspecified atom stereocenters. The Morgan fingerprint density at radius 3 is 2.00 bits per heavy atom. The molecule has 0 spiro atoms. The van der Waals surface area contributed by atoms with Crippen LogP contribution in [0.5, 0.6) is 0 Å². The highest BCUT2D eigenvalue weighted by atomic mass is 32.2. The van der Waals surface area contributed by atoms with Gasteiger partial charge < -0.3 is 16.0 Å². The van der Waals surface area contributed by atoms with Crippen molar-refractivity contribution in [1.29, 1.82) is 0 Å². The van der Waals surface area contributed by atoms with Crippen LogP contribution in [0.3, 0.4) is 0 Å². The third-order valence-corrected chi connectivity index (χ3v) is 8.04. The van der Waals surface area contributed by atoms with Crippen molar-refractivity contribution in [3.05, 3.63) is 156 Å². The lowest BCUT2D eigenvalue weighted by Gasteiger charge is -2.14. The van der Waals surface area contributed by atoms with Crippen molar-refractivity contribution < 1.29 is 14.4 Å². The van der Waals surface area contributed by atoms with Crippen molar-refractivity contribution in [2.75, 3.05) is 10.6 Å². The molecular formula is C38H33N3O3S. The van der Waals surface area contributed by atoms with Gasteiger partial charge in [-0.1, -0.05) is 96.6 Å². The summed E-state index contributed by atoms with van der Waals surface area (Å²) in [5.41, 5.74) is 5.82. The van der Waals surface area contributed by atoms with Gasteiger partial charge >= 0.3 is 0 Å². The van der Waals surface area contributed by atoms with Crippen LogP contribution in [0.2, 0.25) is 0 Å². The van der Waals surface area contributed by atoms with E-state index in [9.17, 15) is 14.4 Å². The molecule has 5 aromatic carbocycles. The van der Waals surface area contributed by atoms with E-state index in [0.29, 0.717) is 11.3 Å². The highest BCUT2D eigenvalue weighted by Gasteiger charge is 2.17. The summed E-state index contributed by atoms with van der Waals surface area (Å²) in [5.74, 6) is -0.986. The zero-order valence-electron chi connectivity index (χ0n) is 25.0. The third-order valence-electron chi connectivity index (χ3n) is 6.95. The number of hydrogen-bond donors (Lipinski definition) is 3. The van der Waals surface area contributed by atoms with Crippen LogP contribution in [-0.2, 0) is 9.59 Å². The first-order valence-electron chi connectivity index (χ1n) is 14.5. The summed E-state index contributed by atoms with van der Waals surface area (Å²) >= 11 is 1.39. The maximum Gasteiger partial charge on any atom is 0.272 e. The Morgan fingerprint density at radius 1 is 0.667 bits per heavy atom.